The van der Waals surface area contributed by atoms with Gasteiger partial charge in [-0.15, -0.1) is 0 Å². The Bertz CT molecular complexity index is 1510. The van der Waals surface area contributed by atoms with Gasteiger partial charge in [-0.1, -0.05) is 49.0 Å². The van der Waals surface area contributed by atoms with Crippen LogP contribution in [-0.4, -0.2) is 44.4 Å². The normalized spacial score (nSPS) is 18.8. The fourth-order valence-electron chi connectivity index (χ4n) is 4.94. The molecule has 3 aliphatic rings. The Kier molecular flexibility index (Phi) is 6.37. The first-order chi connectivity index (χ1) is 18.0. The van der Waals surface area contributed by atoms with E-state index in [4.69, 9.17) is 26.7 Å². The molecule has 6 rings (SSSR count). The average molecular weight is 535 g/mol. The van der Waals surface area contributed by atoms with Gasteiger partial charge in [-0.3, -0.25) is 18.9 Å². The third-order valence-corrected chi connectivity index (χ3v) is 8.27. The summed E-state index contributed by atoms with van der Waals surface area (Å²) in [7, 11) is 0. The fraction of sp³-hybridized carbons (Fsp3) is 0.333. The van der Waals surface area contributed by atoms with Crippen LogP contribution in [0.3, 0.4) is 0 Å². The van der Waals surface area contributed by atoms with E-state index >= 15 is 0 Å². The van der Waals surface area contributed by atoms with Gasteiger partial charge in [-0.05, 0) is 55.2 Å². The molecular formula is C27H26N4O4S2. The van der Waals surface area contributed by atoms with Gasteiger partial charge in [0.1, 0.15) is 15.8 Å². The SMILES string of the molecule is Cc1cccn2c(=O)c(C=C3SC(=S)N(Cc4ccc5c(c4)OCO5)C3=O)c(N3CCCCCC3)nc12. The molecular weight excluding hydrogens is 508 g/mol. The minimum Gasteiger partial charge on any atom is -0.454 e. The summed E-state index contributed by atoms with van der Waals surface area (Å²) in [4.78, 5) is 36.4. The van der Waals surface area contributed by atoms with Gasteiger partial charge >= 0.3 is 0 Å². The van der Waals surface area contributed by atoms with Crippen LogP contribution in [0.1, 0.15) is 42.4 Å². The number of aryl methyl sites for hydroxylation is 1. The molecule has 2 saturated heterocycles. The summed E-state index contributed by atoms with van der Waals surface area (Å²) in [6.07, 6.45) is 7.83. The van der Waals surface area contributed by atoms with E-state index in [2.05, 4.69) is 4.90 Å². The number of pyridine rings is 1. The number of hydrogen-bond donors (Lipinski definition) is 0. The van der Waals surface area contributed by atoms with Crippen LogP contribution in [0, 0.1) is 6.92 Å². The summed E-state index contributed by atoms with van der Waals surface area (Å²) in [5.41, 5.74) is 2.69. The molecule has 0 bridgehead atoms. The Morgan fingerprint density at radius 1 is 1.08 bits per heavy atom. The molecule has 1 amide bonds. The van der Waals surface area contributed by atoms with Gasteiger partial charge in [0.05, 0.1) is 17.0 Å². The minimum absolute atomic E-state index is 0.186. The van der Waals surface area contributed by atoms with Crippen molar-refractivity contribution < 1.29 is 14.3 Å². The second-order valence-corrected chi connectivity index (χ2v) is 11.1. The van der Waals surface area contributed by atoms with E-state index in [-0.39, 0.29) is 18.3 Å². The average Bonchev–Trinajstić information content (AvgIpc) is 3.33. The van der Waals surface area contributed by atoms with Crippen molar-refractivity contribution in [3.8, 4) is 11.5 Å². The zero-order valence-electron chi connectivity index (χ0n) is 20.4. The number of thioether (sulfide) groups is 1. The van der Waals surface area contributed by atoms with Gasteiger partial charge < -0.3 is 14.4 Å². The number of benzene rings is 1. The van der Waals surface area contributed by atoms with Crippen LogP contribution < -0.4 is 19.9 Å². The first-order valence-electron chi connectivity index (χ1n) is 12.4. The van der Waals surface area contributed by atoms with Crippen LogP contribution in [0.15, 0.2) is 46.2 Å². The molecule has 1 aromatic carbocycles. The maximum absolute atomic E-state index is 13.7. The number of nitrogens with zero attached hydrogens (tertiary/aromatic N) is 4. The molecule has 3 aliphatic heterocycles. The summed E-state index contributed by atoms with van der Waals surface area (Å²) in [6, 6.07) is 9.39. The highest BCUT2D eigenvalue weighted by Crippen LogP contribution is 2.37. The highest BCUT2D eigenvalue weighted by molar-refractivity contribution is 8.26. The Hall–Kier alpha value is -3.37. The van der Waals surface area contributed by atoms with E-state index < -0.39 is 0 Å². The smallest absolute Gasteiger partial charge is 0.267 e. The second-order valence-electron chi connectivity index (χ2n) is 9.40. The minimum atomic E-state index is -0.219. The molecule has 8 nitrogen and oxygen atoms in total. The summed E-state index contributed by atoms with van der Waals surface area (Å²) < 4.78 is 12.9. The maximum Gasteiger partial charge on any atom is 0.267 e. The largest absolute Gasteiger partial charge is 0.454 e. The van der Waals surface area contributed by atoms with Gasteiger partial charge in [0.25, 0.3) is 11.5 Å². The lowest BCUT2D eigenvalue weighted by atomic mass is 10.2. The van der Waals surface area contributed by atoms with Crippen molar-refractivity contribution in [3.63, 3.8) is 0 Å². The Morgan fingerprint density at radius 3 is 2.68 bits per heavy atom. The summed E-state index contributed by atoms with van der Waals surface area (Å²) in [5.74, 6) is 1.77. The molecule has 0 spiro atoms. The van der Waals surface area contributed by atoms with Crippen molar-refractivity contribution in [1.82, 2.24) is 14.3 Å². The van der Waals surface area contributed by atoms with Crippen molar-refractivity contribution in [2.24, 2.45) is 0 Å². The molecule has 0 N–H and O–H groups in total. The van der Waals surface area contributed by atoms with E-state index in [0.717, 1.165) is 49.9 Å². The number of carbonyl (C=O) groups is 1. The lowest BCUT2D eigenvalue weighted by Crippen LogP contribution is -2.30. The lowest BCUT2D eigenvalue weighted by molar-refractivity contribution is -0.122. The van der Waals surface area contributed by atoms with Gasteiger partial charge in [0.15, 0.2) is 11.5 Å². The van der Waals surface area contributed by atoms with Crippen LogP contribution in [0.4, 0.5) is 5.82 Å². The van der Waals surface area contributed by atoms with Crippen LogP contribution in [0.25, 0.3) is 11.7 Å². The topological polar surface area (TPSA) is 76.4 Å². The molecule has 10 heteroatoms. The highest BCUT2D eigenvalue weighted by atomic mass is 32.2. The van der Waals surface area contributed by atoms with Gasteiger partial charge in [-0.25, -0.2) is 4.98 Å². The van der Waals surface area contributed by atoms with Gasteiger partial charge in [0.2, 0.25) is 6.79 Å². The number of aromatic nitrogens is 2. The molecule has 2 aromatic heterocycles. The number of anilines is 1. The van der Waals surface area contributed by atoms with E-state index in [9.17, 15) is 9.59 Å². The third-order valence-electron chi connectivity index (χ3n) is 6.90. The fourth-order valence-corrected chi connectivity index (χ4v) is 6.18. The van der Waals surface area contributed by atoms with Crippen LogP contribution in [-0.2, 0) is 11.3 Å². The molecule has 5 heterocycles. The maximum atomic E-state index is 13.7. The zero-order valence-corrected chi connectivity index (χ0v) is 22.1. The van der Waals surface area contributed by atoms with E-state index in [1.807, 2.05) is 37.3 Å². The quantitative estimate of drug-likeness (QED) is 0.358. The zero-order chi connectivity index (χ0) is 25.5. The van der Waals surface area contributed by atoms with Crippen LogP contribution >= 0.6 is 24.0 Å². The monoisotopic (exact) mass is 534 g/mol. The van der Waals surface area contributed by atoms with Crippen LogP contribution in [0.5, 0.6) is 11.5 Å². The van der Waals surface area contributed by atoms with Crippen molar-refractivity contribution in [2.45, 2.75) is 39.2 Å². The second kappa shape index (κ2) is 9.83. The first-order valence-corrected chi connectivity index (χ1v) is 13.6. The van der Waals surface area contributed by atoms with E-state index in [1.54, 1.807) is 21.6 Å². The van der Waals surface area contributed by atoms with Crippen molar-refractivity contribution >= 4 is 51.7 Å². The Balaban J connectivity index is 1.38. The molecule has 0 saturated carbocycles. The lowest BCUT2D eigenvalue weighted by Gasteiger charge is -2.24. The number of rotatable bonds is 4. The third kappa shape index (κ3) is 4.48. The predicted octanol–water partition coefficient (Wildman–Crippen LogP) is 4.51. The number of fused-ring (bicyclic) bond motifs is 2. The number of amides is 1. The van der Waals surface area contributed by atoms with Crippen molar-refractivity contribution in [2.75, 3.05) is 24.8 Å². The Morgan fingerprint density at radius 2 is 1.86 bits per heavy atom. The highest BCUT2D eigenvalue weighted by Gasteiger charge is 2.33. The number of carbonyl (C=O) groups excluding carboxylic acids is 1. The van der Waals surface area contributed by atoms with Gasteiger partial charge in [-0.2, -0.15) is 0 Å². The molecule has 0 radical (unpaired) electrons. The van der Waals surface area contributed by atoms with Crippen molar-refractivity contribution in [3.05, 3.63) is 68.5 Å². The molecule has 190 valence electrons. The summed E-state index contributed by atoms with van der Waals surface area (Å²) >= 11 is 6.79. The molecule has 37 heavy (non-hydrogen) atoms. The predicted molar refractivity (Wildman–Crippen MR) is 148 cm³/mol. The number of ether oxygens (including phenoxy) is 2. The Labute approximate surface area is 223 Å². The molecule has 0 atom stereocenters. The summed E-state index contributed by atoms with van der Waals surface area (Å²) in [5, 5.41) is 0. The van der Waals surface area contributed by atoms with Gasteiger partial charge in [0, 0.05) is 19.3 Å². The molecule has 0 unspecified atom stereocenters. The molecule has 0 aliphatic carbocycles. The van der Waals surface area contributed by atoms with E-state index in [0.29, 0.717) is 44.3 Å². The standard InChI is InChI=1S/C27H26N4O4S2/c1-17-7-6-12-30-23(17)28-24(29-10-4-2-3-5-11-29)19(25(30)32)14-22-26(33)31(27(36)37-22)15-18-8-9-20-21(13-18)35-16-34-20/h6-9,12-14H,2-5,10-11,15-16H2,1H3. The first kappa shape index (κ1) is 24.0. The molecule has 2 fully saturated rings. The molecule has 3 aromatic rings. The van der Waals surface area contributed by atoms with E-state index in [1.165, 1.54) is 11.8 Å². The number of thiocarbonyl (C=S) groups is 1. The van der Waals surface area contributed by atoms with Crippen LogP contribution in [0.2, 0.25) is 0 Å². The number of hydrogen-bond acceptors (Lipinski definition) is 8. The summed E-state index contributed by atoms with van der Waals surface area (Å²) in [6.45, 7) is 4.12. The van der Waals surface area contributed by atoms with Crippen molar-refractivity contribution in [1.29, 1.82) is 0 Å².